The van der Waals surface area contributed by atoms with E-state index < -0.39 is 20.6 Å². The first-order valence-electron chi connectivity index (χ1n) is 9.50. The average Bonchev–Trinajstić information content (AvgIpc) is 3.00. The quantitative estimate of drug-likeness (QED) is 0.473. The van der Waals surface area contributed by atoms with Crippen molar-refractivity contribution < 1.29 is 23.0 Å². The zero-order valence-electron chi connectivity index (χ0n) is 16.7. The van der Waals surface area contributed by atoms with Gasteiger partial charge in [0.05, 0.1) is 34.7 Å². The maximum Gasteiger partial charge on any atom is 0.348 e. The molecule has 2 rings (SSSR count). The molecule has 1 fully saturated rings. The summed E-state index contributed by atoms with van der Waals surface area (Å²) in [6, 6.07) is 0. The maximum atomic E-state index is 12.4. The molecule has 0 aliphatic heterocycles. The number of aryl methyl sites for hydroxylation is 1. The van der Waals surface area contributed by atoms with Crippen LogP contribution in [0.2, 0.25) is 0 Å². The molecule has 0 amide bonds. The molecule has 1 heterocycles. The third-order valence-corrected chi connectivity index (χ3v) is 8.96. The zero-order valence-corrected chi connectivity index (χ0v) is 18.3. The van der Waals surface area contributed by atoms with Crippen molar-refractivity contribution in [3.05, 3.63) is 16.1 Å². The lowest BCUT2D eigenvalue weighted by Gasteiger charge is -2.30. The van der Waals surface area contributed by atoms with E-state index in [1.807, 2.05) is 5.38 Å². The Hall–Kier alpha value is -0.990. The first-order valence-corrected chi connectivity index (χ1v) is 12.0. The molecule has 0 radical (unpaired) electrons. The highest BCUT2D eigenvalue weighted by Crippen LogP contribution is 2.34. The summed E-state index contributed by atoms with van der Waals surface area (Å²) in [5.74, 6) is 0.794. The lowest BCUT2D eigenvalue weighted by atomic mass is 9.81. The zero-order chi connectivity index (χ0) is 20.1. The van der Waals surface area contributed by atoms with Crippen molar-refractivity contribution in [3.8, 4) is 0 Å². The summed E-state index contributed by atoms with van der Waals surface area (Å²) < 4.78 is 24.1. The van der Waals surface area contributed by atoms with Gasteiger partial charge in [0, 0.05) is 5.38 Å². The molecule has 1 aromatic heterocycles. The molecule has 0 N–H and O–H groups in total. The average molecular weight is 418 g/mol. The van der Waals surface area contributed by atoms with Crippen LogP contribution in [0.1, 0.15) is 63.6 Å². The van der Waals surface area contributed by atoms with Crippen LogP contribution in [0.15, 0.2) is 5.38 Å². The first kappa shape index (κ1) is 22.3. The minimum atomic E-state index is -3.04. The number of nitrogens with zero attached hydrogens (tertiary/aromatic N) is 1. The lowest BCUT2D eigenvalue weighted by Crippen LogP contribution is -2.34. The molecule has 6 nitrogen and oxygen atoms in total. The number of carbonyl (C=O) groups is 1. The SMILES string of the molecule is COOC(=O)Cc1csc(CCC2CCC(CS(=O)(=O)C(C)(C)C)CC2)n1. The van der Waals surface area contributed by atoms with Crippen LogP contribution in [0.3, 0.4) is 0 Å². The Morgan fingerprint density at radius 3 is 2.44 bits per heavy atom. The van der Waals surface area contributed by atoms with Crippen LogP contribution >= 0.6 is 11.3 Å². The second-order valence-electron chi connectivity index (χ2n) is 8.35. The maximum absolute atomic E-state index is 12.4. The minimum absolute atomic E-state index is 0.123. The minimum Gasteiger partial charge on any atom is -0.298 e. The molecule has 0 saturated heterocycles. The van der Waals surface area contributed by atoms with Gasteiger partial charge in [-0.25, -0.2) is 18.2 Å². The van der Waals surface area contributed by atoms with Crippen LogP contribution in [-0.2, 0) is 37.2 Å². The van der Waals surface area contributed by atoms with Crippen molar-refractivity contribution in [1.82, 2.24) is 4.98 Å². The fourth-order valence-corrected chi connectivity index (χ4v) is 5.66. The predicted molar refractivity (Wildman–Crippen MR) is 106 cm³/mol. The summed E-state index contributed by atoms with van der Waals surface area (Å²) in [6.45, 7) is 5.35. The van der Waals surface area contributed by atoms with E-state index in [9.17, 15) is 13.2 Å². The van der Waals surface area contributed by atoms with Crippen LogP contribution in [0, 0.1) is 11.8 Å². The summed E-state index contributed by atoms with van der Waals surface area (Å²) in [5.41, 5.74) is 0.716. The second kappa shape index (κ2) is 9.47. The van der Waals surface area contributed by atoms with E-state index in [1.54, 1.807) is 32.1 Å². The summed E-state index contributed by atoms with van der Waals surface area (Å²) >= 11 is 1.57. The van der Waals surface area contributed by atoms with Crippen LogP contribution in [0.5, 0.6) is 0 Å². The standard InChI is InChI=1S/C19H31NO5S2/c1-19(2,3)27(22,23)13-15-7-5-14(6-8-15)9-10-17-20-16(12-26-17)11-18(21)25-24-4/h12,14-15H,5-11,13H2,1-4H3. The van der Waals surface area contributed by atoms with Gasteiger partial charge in [-0.3, -0.25) is 4.89 Å². The van der Waals surface area contributed by atoms with Gasteiger partial charge in [-0.1, -0.05) is 12.8 Å². The van der Waals surface area contributed by atoms with Crippen molar-refractivity contribution in [2.75, 3.05) is 12.9 Å². The number of thiazole rings is 1. The molecule has 0 spiro atoms. The lowest BCUT2D eigenvalue weighted by molar-refractivity contribution is -0.254. The number of sulfone groups is 1. The van der Waals surface area contributed by atoms with Crippen molar-refractivity contribution in [3.63, 3.8) is 0 Å². The second-order valence-corrected chi connectivity index (χ2v) is 12.1. The Morgan fingerprint density at radius 1 is 1.22 bits per heavy atom. The third kappa shape index (κ3) is 6.84. The predicted octanol–water partition coefficient (Wildman–Crippen LogP) is 3.74. The molecule has 0 aromatic carbocycles. The number of hydrogen-bond acceptors (Lipinski definition) is 7. The molecule has 1 aliphatic carbocycles. The van der Waals surface area contributed by atoms with Gasteiger partial charge >= 0.3 is 5.97 Å². The van der Waals surface area contributed by atoms with E-state index in [-0.39, 0.29) is 6.42 Å². The molecule has 1 saturated carbocycles. The molecule has 1 aromatic rings. The third-order valence-electron chi connectivity index (χ3n) is 5.22. The molecular formula is C19H31NO5S2. The van der Waals surface area contributed by atoms with Crippen LogP contribution < -0.4 is 0 Å². The number of rotatable bonds is 8. The summed E-state index contributed by atoms with van der Waals surface area (Å²) in [5, 5.41) is 2.92. The number of carbonyl (C=O) groups excluding carboxylic acids is 1. The monoisotopic (exact) mass is 417 g/mol. The molecule has 0 atom stereocenters. The fourth-order valence-electron chi connectivity index (χ4n) is 3.39. The molecule has 27 heavy (non-hydrogen) atoms. The molecule has 154 valence electrons. The smallest absolute Gasteiger partial charge is 0.298 e. The van der Waals surface area contributed by atoms with E-state index in [0.29, 0.717) is 23.3 Å². The van der Waals surface area contributed by atoms with Crippen molar-refractivity contribution >= 4 is 27.1 Å². The largest absolute Gasteiger partial charge is 0.348 e. The van der Waals surface area contributed by atoms with Crippen molar-refractivity contribution in [1.29, 1.82) is 0 Å². The topological polar surface area (TPSA) is 82.6 Å². The van der Waals surface area contributed by atoms with Crippen molar-refractivity contribution in [2.45, 2.75) is 70.5 Å². The van der Waals surface area contributed by atoms with E-state index >= 15 is 0 Å². The van der Waals surface area contributed by atoms with Gasteiger partial charge in [0.1, 0.15) is 0 Å². The van der Waals surface area contributed by atoms with Crippen molar-refractivity contribution in [2.24, 2.45) is 11.8 Å². The van der Waals surface area contributed by atoms with Gasteiger partial charge in [0.25, 0.3) is 0 Å². The van der Waals surface area contributed by atoms with Crippen LogP contribution in [0.25, 0.3) is 0 Å². The van der Waals surface area contributed by atoms with E-state index in [4.69, 9.17) is 0 Å². The Kier molecular flexibility index (Phi) is 7.83. The summed E-state index contributed by atoms with van der Waals surface area (Å²) in [7, 11) is -1.73. The fraction of sp³-hybridized carbons (Fsp3) is 0.789. The van der Waals surface area contributed by atoms with Gasteiger partial charge in [-0.2, -0.15) is 4.89 Å². The number of hydrogen-bond donors (Lipinski definition) is 0. The normalized spacial score (nSPS) is 21.2. The highest BCUT2D eigenvalue weighted by molar-refractivity contribution is 7.92. The Balaban J connectivity index is 1.74. The van der Waals surface area contributed by atoms with E-state index in [2.05, 4.69) is 14.8 Å². The Labute approximate surface area is 166 Å². The van der Waals surface area contributed by atoms with Crippen LogP contribution in [-0.4, -0.2) is 37.0 Å². The first-order chi connectivity index (χ1) is 12.6. The van der Waals surface area contributed by atoms with Gasteiger partial charge in [0.15, 0.2) is 9.84 Å². The molecule has 1 aliphatic rings. The summed E-state index contributed by atoms with van der Waals surface area (Å²) in [6.07, 6.45) is 6.24. The summed E-state index contributed by atoms with van der Waals surface area (Å²) in [4.78, 5) is 24.7. The molecular weight excluding hydrogens is 386 g/mol. The number of aromatic nitrogens is 1. The highest BCUT2D eigenvalue weighted by Gasteiger charge is 2.33. The van der Waals surface area contributed by atoms with Gasteiger partial charge < -0.3 is 0 Å². The Bertz CT molecular complexity index is 713. The van der Waals surface area contributed by atoms with Gasteiger partial charge in [-0.05, 0) is 58.3 Å². The Morgan fingerprint density at radius 2 is 1.85 bits per heavy atom. The van der Waals surface area contributed by atoms with E-state index in [0.717, 1.165) is 43.5 Å². The van der Waals surface area contributed by atoms with Crippen LogP contribution in [0.4, 0.5) is 0 Å². The molecule has 0 bridgehead atoms. The molecule has 8 heteroatoms. The van der Waals surface area contributed by atoms with Gasteiger partial charge in [0.2, 0.25) is 0 Å². The highest BCUT2D eigenvalue weighted by atomic mass is 32.2. The van der Waals surface area contributed by atoms with E-state index in [1.165, 1.54) is 7.11 Å². The van der Waals surface area contributed by atoms with Gasteiger partial charge in [-0.15, -0.1) is 11.3 Å². The molecule has 0 unspecified atom stereocenters.